The molecule has 0 aromatic heterocycles. The van der Waals surface area contributed by atoms with Crippen LogP contribution in [-0.2, 0) is 19.3 Å². The SMILES string of the molecule is Cc1ccc(CNC(=O)N(C)Cc2ccc(C(F)(F)F)cc2)cc1. The van der Waals surface area contributed by atoms with Gasteiger partial charge >= 0.3 is 12.2 Å². The van der Waals surface area contributed by atoms with E-state index < -0.39 is 11.7 Å². The molecule has 0 bridgehead atoms. The van der Waals surface area contributed by atoms with E-state index in [0.29, 0.717) is 12.1 Å². The Morgan fingerprint density at radius 3 is 2.08 bits per heavy atom. The summed E-state index contributed by atoms with van der Waals surface area (Å²) < 4.78 is 37.6. The molecule has 0 aliphatic rings. The molecule has 0 unspecified atom stereocenters. The summed E-state index contributed by atoms with van der Waals surface area (Å²) in [5.41, 5.74) is 2.06. The first-order chi connectivity index (χ1) is 11.3. The first kappa shape index (κ1) is 17.8. The first-order valence-electron chi connectivity index (χ1n) is 7.46. The van der Waals surface area contributed by atoms with Crippen molar-refractivity contribution in [3.05, 3.63) is 70.8 Å². The second kappa shape index (κ2) is 7.38. The number of carbonyl (C=O) groups is 1. The van der Waals surface area contributed by atoms with Gasteiger partial charge in [0.05, 0.1) is 5.56 Å². The van der Waals surface area contributed by atoms with Crippen molar-refractivity contribution in [2.45, 2.75) is 26.2 Å². The number of aryl methyl sites for hydroxylation is 1. The van der Waals surface area contributed by atoms with E-state index in [9.17, 15) is 18.0 Å². The van der Waals surface area contributed by atoms with Gasteiger partial charge in [-0.25, -0.2) is 4.79 Å². The Morgan fingerprint density at radius 1 is 1.00 bits per heavy atom. The normalized spacial score (nSPS) is 11.2. The summed E-state index contributed by atoms with van der Waals surface area (Å²) in [7, 11) is 1.60. The molecule has 0 aliphatic heterocycles. The van der Waals surface area contributed by atoms with Crippen molar-refractivity contribution >= 4 is 6.03 Å². The Kier molecular flexibility index (Phi) is 5.49. The highest BCUT2D eigenvalue weighted by atomic mass is 19.4. The maximum Gasteiger partial charge on any atom is 0.416 e. The van der Waals surface area contributed by atoms with Crippen LogP contribution in [0, 0.1) is 6.92 Å². The van der Waals surface area contributed by atoms with Gasteiger partial charge in [0, 0.05) is 20.1 Å². The minimum Gasteiger partial charge on any atom is -0.334 e. The molecule has 1 N–H and O–H groups in total. The topological polar surface area (TPSA) is 32.3 Å². The van der Waals surface area contributed by atoms with Crippen molar-refractivity contribution in [1.82, 2.24) is 10.2 Å². The maximum absolute atomic E-state index is 12.5. The molecule has 0 radical (unpaired) electrons. The molecule has 0 spiro atoms. The molecular formula is C18H19F3N2O. The van der Waals surface area contributed by atoms with Gasteiger partial charge in [-0.15, -0.1) is 0 Å². The number of hydrogen-bond donors (Lipinski definition) is 1. The predicted molar refractivity (Wildman–Crippen MR) is 86.3 cm³/mol. The molecule has 0 atom stereocenters. The molecule has 2 aromatic carbocycles. The van der Waals surface area contributed by atoms with Crippen molar-refractivity contribution in [1.29, 1.82) is 0 Å². The molecule has 128 valence electrons. The second-order valence-electron chi connectivity index (χ2n) is 5.70. The average molecular weight is 336 g/mol. The van der Waals surface area contributed by atoms with E-state index in [1.54, 1.807) is 7.05 Å². The Bertz CT molecular complexity index is 679. The zero-order valence-corrected chi connectivity index (χ0v) is 13.5. The fourth-order valence-electron chi connectivity index (χ4n) is 2.16. The summed E-state index contributed by atoms with van der Waals surface area (Å²) in [5, 5.41) is 2.78. The molecule has 0 aliphatic carbocycles. The summed E-state index contributed by atoms with van der Waals surface area (Å²) in [4.78, 5) is 13.5. The van der Waals surface area contributed by atoms with Crippen LogP contribution >= 0.6 is 0 Å². The highest BCUT2D eigenvalue weighted by Crippen LogP contribution is 2.29. The van der Waals surface area contributed by atoms with E-state index >= 15 is 0 Å². The Morgan fingerprint density at radius 2 is 1.54 bits per heavy atom. The van der Waals surface area contributed by atoms with Crippen LogP contribution in [-0.4, -0.2) is 18.0 Å². The smallest absolute Gasteiger partial charge is 0.334 e. The number of benzene rings is 2. The van der Waals surface area contributed by atoms with Gasteiger partial charge < -0.3 is 10.2 Å². The van der Waals surface area contributed by atoms with Crippen molar-refractivity contribution in [3.63, 3.8) is 0 Å². The van der Waals surface area contributed by atoms with Gasteiger partial charge in [0.15, 0.2) is 0 Å². The third-order valence-electron chi connectivity index (χ3n) is 3.61. The van der Waals surface area contributed by atoms with Gasteiger partial charge in [0.25, 0.3) is 0 Å². The van der Waals surface area contributed by atoms with E-state index in [4.69, 9.17) is 0 Å². The molecule has 6 heteroatoms. The summed E-state index contributed by atoms with van der Waals surface area (Å²) in [6, 6.07) is 12.3. The Balaban J connectivity index is 1.88. The monoisotopic (exact) mass is 336 g/mol. The molecule has 2 amide bonds. The predicted octanol–water partition coefficient (Wildman–Crippen LogP) is 4.36. The number of rotatable bonds is 4. The maximum atomic E-state index is 12.5. The zero-order chi connectivity index (χ0) is 17.7. The molecule has 2 aromatic rings. The van der Waals surface area contributed by atoms with Crippen LogP contribution in [0.4, 0.5) is 18.0 Å². The molecule has 0 fully saturated rings. The lowest BCUT2D eigenvalue weighted by atomic mass is 10.1. The fraction of sp³-hybridized carbons (Fsp3) is 0.278. The molecule has 0 saturated carbocycles. The third kappa shape index (κ3) is 5.01. The summed E-state index contributed by atoms with van der Waals surface area (Å²) in [6.07, 6.45) is -4.35. The van der Waals surface area contributed by atoms with Gasteiger partial charge in [0.2, 0.25) is 0 Å². The van der Waals surface area contributed by atoms with Gasteiger partial charge in [0.1, 0.15) is 0 Å². The highest BCUT2D eigenvalue weighted by Gasteiger charge is 2.29. The van der Waals surface area contributed by atoms with Gasteiger partial charge in [-0.3, -0.25) is 0 Å². The minimum absolute atomic E-state index is 0.234. The van der Waals surface area contributed by atoms with Crippen molar-refractivity contribution < 1.29 is 18.0 Å². The van der Waals surface area contributed by atoms with Crippen molar-refractivity contribution in [3.8, 4) is 0 Å². The average Bonchev–Trinajstić information content (AvgIpc) is 2.53. The zero-order valence-electron chi connectivity index (χ0n) is 13.5. The van der Waals surface area contributed by atoms with Crippen LogP contribution in [0.3, 0.4) is 0 Å². The van der Waals surface area contributed by atoms with Crippen LogP contribution in [0.15, 0.2) is 48.5 Å². The highest BCUT2D eigenvalue weighted by molar-refractivity contribution is 5.73. The molecule has 24 heavy (non-hydrogen) atoms. The van der Waals surface area contributed by atoms with Crippen LogP contribution in [0.25, 0.3) is 0 Å². The van der Waals surface area contributed by atoms with E-state index in [1.807, 2.05) is 31.2 Å². The van der Waals surface area contributed by atoms with Crippen molar-refractivity contribution in [2.75, 3.05) is 7.05 Å². The van der Waals surface area contributed by atoms with Gasteiger partial charge in [-0.1, -0.05) is 42.0 Å². The van der Waals surface area contributed by atoms with Crippen molar-refractivity contribution in [2.24, 2.45) is 0 Å². The molecule has 0 saturated heterocycles. The van der Waals surface area contributed by atoms with Gasteiger partial charge in [-0.2, -0.15) is 13.2 Å². The number of urea groups is 1. The number of nitrogens with one attached hydrogen (secondary N) is 1. The quantitative estimate of drug-likeness (QED) is 0.884. The number of alkyl halides is 3. The Hall–Kier alpha value is -2.50. The molecule has 0 heterocycles. The van der Waals surface area contributed by atoms with E-state index in [0.717, 1.165) is 23.3 Å². The lowest BCUT2D eigenvalue weighted by molar-refractivity contribution is -0.137. The van der Waals surface area contributed by atoms with Gasteiger partial charge in [-0.05, 0) is 30.2 Å². The largest absolute Gasteiger partial charge is 0.416 e. The van der Waals surface area contributed by atoms with E-state index in [1.165, 1.54) is 17.0 Å². The number of amides is 2. The Labute approximate surface area is 139 Å². The van der Waals surface area contributed by atoms with Crippen LogP contribution in [0.1, 0.15) is 22.3 Å². The first-order valence-corrected chi connectivity index (χ1v) is 7.46. The summed E-state index contributed by atoms with van der Waals surface area (Å²) in [5.74, 6) is 0. The number of halogens is 3. The number of carbonyl (C=O) groups excluding carboxylic acids is 1. The van der Waals surface area contributed by atoms with Crippen LogP contribution in [0.2, 0.25) is 0 Å². The lowest BCUT2D eigenvalue weighted by Crippen LogP contribution is -2.36. The lowest BCUT2D eigenvalue weighted by Gasteiger charge is -2.18. The standard InChI is InChI=1S/C18H19F3N2O/c1-13-3-5-14(6-4-13)11-22-17(24)23(2)12-15-7-9-16(10-8-15)18(19,20)21/h3-10H,11-12H2,1-2H3,(H,22,24). The third-order valence-corrected chi connectivity index (χ3v) is 3.61. The molecular weight excluding hydrogens is 317 g/mol. The van der Waals surface area contributed by atoms with E-state index in [2.05, 4.69) is 5.32 Å². The van der Waals surface area contributed by atoms with Crippen LogP contribution in [0.5, 0.6) is 0 Å². The fourth-order valence-corrected chi connectivity index (χ4v) is 2.16. The van der Waals surface area contributed by atoms with Crippen LogP contribution < -0.4 is 5.32 Å². The number of nitrogens with zero attached hydrogens (tertiary/aromatic N) is 1. The number of hydrogen-bond acceptors (Lipinski definition) is 1. The second-order valence-corrected chi connectivity index (χ2v) is 5.70. The summed E-state index contributed by atoms with van der Waals surface area (Å²) >= 11 is 0. The molecule has 2 rings (SSSR count). The summed E-state index contributed by atoms with van der Waals surface area (Å²) in [6.45, 7) is 2.62. The van der Waals surface area contributed by atoms with E-state index in [-0.39, 0.29) is 12.6 Å². The minimum atomic E-state index is -4.35. The molecule has 3 nitrogen and oxygen atoms in total.